The number of rotatable bonds is 3. The molecule has 0 radical (unpaired) electrons. The Labute approximate surface area is 136 Å². The van der Waals surface area contributed by atoms with Crippen molar-refractivity contribution in [2.45, 2.75) is 6.18 Å². The molecule has 2 rings (SSSR count). The number of hydrogen-bond donors (Lipinski definition) is 2. The van der Waals surface area contributed by atoms with Crippen molar-refractivity contribution in [1.29, 1.82) is 0 Å². The minimum atomic E-state index is -4.68. The van der Waals surface area contributed by atoms with Crippen molar-refractivity contribution >= 4 is 23.5 Å². The van der Waals surface area contributed by atoms with E-state index in [1.165, 1.54) is 12.3 Å². The smallest absolute Gasteiger partial charge is 0.394 e. The van der Waals surface area contributed by atoms with Crippen molar-refractivity contribution < 1.29 is 27.9 Å². The van der Waals surface area contributed by atoms with E-state index in [1.807, 2.05) is 14.1 Å². The molecule has 2 heterocycles. The Kier molecular flexibility index (Phi) is 4.86. The number of amides is 2. The van der Waals surface area contributed by atoms with Gasteiger partial charge >= 0.3 is 18.2 Å². The predicted molar refractivity (Wildman–Crippen MR) is 79.8 cm³/mol. The van der Waals surface area contributed by atoms with Crippen LogP contribution in [0.15, 0.2) is 18.3 Å². The first-order valence-corrected chi connectivity index (χ1v) is 7.08. The summed E-state index contributed by atoms with van der Waals surface area (Å²) in [6, 6.07) is 2.39. The second-order valence-corrected chi connectivity index (χ2v) is 5.72. The fourth-order valence-electron chi connectivity index (χ4n) is 2.46. The van der Waals surface area contributed by atoms with Gasteiger partial charge in [-0.25, -0.2) is 9.78 Å². The molecule has 0 spiro atoms. The minimum absolute atomic E-state index is 0.174. The lowest BCUT2D eigenvalue weighted by atomic mass is 9.96. The first-order valence-electron chi connectivity index (χ1n) is 7.08. The maximum atomic E-state index is 12.9. The van der Waals surface area contributed by atoms with Gasteiger partial charge < -0.3 is 14.9 Å². The summed E-state index contributed by atoms with van der Waals surface area (Å²) in [6.07, 6.45) is -3.18. The Morgan fingerprint density at radius 2 is 2.00 bits per heavy atom. The van der Waals surface area contributed by atoms with E-state index in [2.05, 4.69) is 10.3 Å². The number of alkyl halides is 3. The summed E-state index contributed by atoms with van der Waals surface area (Å²) in [7, 11) is 3.62. The van der Waals surface area contributed by atoms with Gasteiger partial charge in [0, 0.05) is 27.2 Å². The van der Waals surface area contributed by atoms with Gasteiger partial charge in [0.1, 0.15) is 5.82 Å². The number of urea groups is 1. The zero-order valence-corrected chi connectivity index (χ0v) is 13.0. The van der Waals surface area contributed by atoms with E-state index in [0.29, 0.717) is 0 Å². The monoisotopic (exact) mass is 346 g/mol. The third kappa shape index (κ3) is 3.87. The minimum Gasteiger partial charge on any atom is -0.481 e. The third-order valence-corrected chi connectivity index (χ3v) is 3.84. The summed E-state index contributed by atoms with van der Waals surface area (Å²) in [6.45, 7) is -1.19. The lowest BCUT2D eigenvalue weighted by Crippen LogP contribution is -2.35. The molecule has 1 fully saturated rings. The second-order valence-electron chi connectivity index (χ2n) is 5.72. The van der Waals surface area contributed by atoms with Crippen LogP contribution in [-0.2, 0) is 4.79 Å². The van der Waals surface area contributed by atoms with Gasteiger partial charge in [-0.15, -0.1) is 0 Å². The van der Waals surface area contributed by atoms with Gasteiger partial charge in [0.05, 0.1) is 23.7 Å². The number of nitrogens with one attached hydrogen (secondary N) is 1. The van der Waals surface area contributed by atoms with Crippen LogP contribution in [0.5, 0.6) is 0 Å². The fraction of sp³-hybridized carbons (Fsp3) is 0.500. The van der Waals surface area contributed by atoms with Crippen molar-refractivity contribution in [1.82, 2.24) is 9.88 Å². The maximum Gasteiger partial charge on any atom is 0.394 e. The van der Waals surface area contributed by atoms with Gasteiger partial charge in [-0.1, -0.05) is 0 Å². The van der Waals surface area contributed by atoms with E-state index in [1.54, 1.807) is 11.0 Å². The van der Waals surface area contributed by atoms with E-state index in [9.17, 15) is 22.8 Å². The molecule has 2 atom stereocenters. The highest BCUT2D eigenvalue weighted by Crippen LogP contribution is 2.37. The molecule has 1 aliphatic rings. The number of anilines is 2. The largest absolute Gasteiger partial charge is 0.481 e. The van der Waals surface area contributed by atoms with Crippen molar-refractivity contribution in [3.8, 4) is 0 Å². The van der Waals surface area contributed by atoms with E-state index in [-0.39, 0.29) is 5.82 Å². The molecule has 10 heteroatoms. The Balaban J connectivity index is 2.06. The topological polar surface area (TPSA) is 85.8 Å². The average Bonchev–Trinajstić information content (AvgIpc) is 2.93. The summed E-state index contributed by atoms with van der Waals surface area (Å²) >= 11 is 0. The van der Waals surface area contributed by atoms with E-state index in [0.717, 1.165) is 10.6 Å². The standard InChI is InChI=1S/C14H17F3N4O3/c1-20(2)8-3-4-11(18-5-8)19-13(24)21-6-9(12(22)23)10(7-21)14(15,16)17/h3-5,9-10H,6-7H2,1-2H3,(H,22,23)(H,18,19,24)/t9-,10-/m1/s1. The predicted octanol–water partition coefficient (Wildman–Crippen LogP) is 1.87. The molecule has 2 N–H and O–H groups in total. The summed E-state index contributed by atoms with van der Waals surface area (Å²) in [4.78, 5) is 29.7. The molecule has 0 aliphatic carbocycles. The highest BCUT2D eigenvalue weighted by molar-refractivity contribution is 5.89. The zero-order chi connectivity index (χ0) is 18.1. The Hall–Kier alpha value is -2.52. The lowest BCUT2D eigenvalue weighted by Gasteiger charge is -2.18. The molecule has 1 aromatic heterocycles. The maximum absolute atomic E-state index is 12.9. The number of halogens is 3. The normalized spacial score (nSPS) is 20.8. The fourth-order valence-corrected chi connectivity index (χ4v) is 2.46. The summed E-state index contributed by atoms with van der Waals surface area (Å²) in [5, 5.41) is 11.3. The van der Waals surface area contributed by atoms with Crippen LogP contribution in [0, 0.1) is 11.8 Å². The quantitative estimate of drug-likeness (QED) is 0.873. The van der Waals surface area contributed by atoms with E-state index in [4.69, 9.17) is 5.11 Å². The molecule has 1 aromatic rings. The van der Waals surface area contributed by atoms with Gasteiger partial charge in [0.2, 0.25) is 0 Å². The average molecular weight is 346 g/mol. The second kappa shape index (κ2) is 6.54. The molecule has 132 valence electrons. The number of aromatic nitrogens is 1. The first-order chi connectivity index (χ1) is 11.1. The molecule has 2 amide bonds. The van der Waals surface area contributed by atoms with Gasteiger partial charge in [-0.3, -0.25) is 10.1 Å². The number of carboxylic acids is 1. The van der Waals surface area contributed by atoms with Gasteiger partial charge in [-0.05, 0) is 12.1 Å². The van der Waals surface area contributed by atoms with Gasteiger partial charge in [0.15, 0.2) is 0 Å². The number of hydrogen-bond acceptors (Lipinski definition) is 4. The number of carbonyl (C=O) groups excluding carboxylic acids is 1. The molecular formula is C14H17F3N4O3. The van der Waals surface area contributed by atoms with E-state index >= 15 is 0 Å². The molecule has 0 aromatic carbocycles. The van der Waals surface area contributed by atoms with Crippen LogP contribution in [0.2, 0.25) is 0 Å². The van der Waals surface area contributed by atoms with Gasteiger partial charge in [-0.2, -0.15) is 13.2 Å². The van der Waals surface area contributed by atoms with Crippen molar-refractivity contribution in [3.63, 3.8) is 0 Å². The third-order valence-electron chi connectivity index (χ3n) is 3.84. The molecule has 0 saturated carbocycles. The van der Waals surface area contributed by atoms with Crippen LogP contribution in [0.4, 0.5) is 29.5 Å². The van der Waals surface area contributed by atoms with Crippen LogP contribution in [-0.4, -0.2) is 60.4 Å². The molecule has 24 heavy (non-hydrogen) atoms. The molecule has 7 nitrogen and oxygen atoms in total. The van der Waals surface area contributed by atoms with Crippen LogP contribution in [0.1, 0.15) is 0 Å². The number of aliphatic carboxylic acids is 1. The molecule has 0 bridgehead atoms. The Morgan fingerprint density at radius 3 is 2.42 bits per heavy atom. The molecular weight excluding hydrogens is 329 g/mol. The summed E-state index contributed by atoms with van der Waals surface area (Å²) in [5.41, 5.74) is 0.789. The Morgan fingerprint density at radius 1 is 1.33 bits per heavy atom. The van der Waals surface area contributed by atoms with Crippen molar-refractivity contribution in [2.24, 2.45) is 11.8 Å². The van der Waals surface area contributed by atoms with Crippen LogP contribution in [0.25, 0.3) is 0 Å². The molecule has 0 unspecified atom stereocenters. The first kappa shape index (κ1) is 17.8. The number of likely N-dealkylation sites (tertiary alicyclic amines) is 1. The van der Waals surface area contributed by atoms with Crippen molar-refractivity contribution in [3.05, 3.63) is 18.3 Å². The summed E-state index contributed by atoms with van der Waals surface area (Å²) in [5.74, 6) is -5.14. The van der Waals surface area contributed by atoms with E-state index < -0.39 is 43.1 Å². The number of pyridine rings is 1. The number of carbonyl (C=O) groups is 2. The number of carboxylic acid groups (broad SMARTS) is 1. The highest BCUT2D eigenvalue weighted by Gasteiger charge is 2.53. The molecule has 1 saturated heterocycles. The molecule has 1 aliphatic heterocycles. The Bertz CT molecular complexity index is 619. The SMILES string of the molecule is CN(C)c1ccc(NC(=O)N2C[C@@H](C(F)(F)F)[C@H](C(=O)O)C2)nc1. The van der Waals surface area contributed by atoms with Crippen LogP contribution >= 0.6 is 0 Å². The van der Waals surface area contributed by atoms with Crippen LogP contribution in [0.3, 0.4) is 0 Å². The summed E-state index contributed by atoms with van der Waals surface area (Å²) < 4.78 is 38.7. The lowest BCUT2D eigenvalue weighted by molar-refractivity contribution is -0.187. The van der Waals surface area contributed by atoms with Gasteiger partial charge in [0.25, 0.3) is 0 Å². The highest BCUT2D eigenvalue weighted by atomic mass is 19.4. The zero-order valence-electron chi connectivity index (χ0n) is 13.0. The van der Waals surface area contributed by atoms with Crippen LogP contribution < -0.4 is 10.2 Å². The van der Waals surface area contributed by atoms with Crippen molar-refractivity contribution in [2.75, 3.05) is 37.4 Å². The number of nitrogens with zero attached hydrogens (tertiary/aromatic N) is 3.